The molecule has 2 aromatic carbocycles. The molecule has 0 aliphatic carbocycles. The van der Waals surface area contributed by atoms with E-state index < -0.39 is 11.6 Å². The molecule has 10 heteroatoms. The SMILES string of the molecule is CN(C)C1CCN(c2nc(-c3cccc(Cn4nc(-c5cc(F)cc(F)c5)ccc4=O)c3)no2)CC1. The maximum absolute atomic E-state index is 13.7. The van der Waals surface area contributed by atoms with Gasteiger partial charge in [0.15, 0.2) is 0 Å². The summed E-state index contributed by atoms with van der Waals surface area (Å²) in [5, 5.41) is 8.48. The highest BCUT2D eigenvalue weighted by Crippen LogP contribution is 2.24. The highest BCUT2D eigenvalue weighted by Gasteiger charge is 2.24. The summed E-state index contributed by atoms with van der Waals surface area (Å²) in [6.45, 7) is 1.87. The number of rotatable bonds is 6. The van der Waals surface area contributed by atoms with E-state index >= 15 is 0 Å². The molecule has 0 atom stereocenters. The summed E-state index contributed by atoms with van der Waals surface area (Å²) in [5.41, 5.74) is 1.77. The Kier molecular flexibility index (Phi) is 6.60. The van der Waals surface area contributed by atoms with Gasteiger partial charge in [0.1, 0.15) is 11.6 Å². The molecular formula is C26H26F2N6O2. The summed E-state index contributed by atoms with van der Waals surface area (Å²) >= 11 is 0. The first-order chi connectivity index (χ1) is 17.4. The van der Waals surface area contributed by atoms with Gasteiger partial charge < -0.3 is 14.3 Å². The second-order valence-electron chi connectivity index (χ2n) is 9.16. The third kappa shape index (κ3) is 5.18. The highest BCUT2D eigenvalue weighted by atomic mass is 19.1. The Hall–Kier alpha value is -3.92. The summed E-state index contributed by atoms with van der Waals surface area (Å²) in [5.74, 6) is -0.955. The van der Waals surface area contributed by atoms with E-state index in [2.05, 4.69) is 39.1 Å². The van der Waals surface area contributed by atoms with Crippen LogP contribution in [0.4, 0.5) is 14.8 Å². The number of benzene rings is 2. The van der Waals surface area contributed by atoms with Crippen molar-refractivity contribution in [1.29, 1.82) is 0 Å². The summed E-state index contributed by atoms with van der Waals surface area (Å²) in [4.78, 5) is 21.4. The molecular weight excluding hydrogens is 466 g/mol. The van der Waals surface area contributed by atoms with Crippen molar-refractivity contribution < 1.29 is 13.3 Å². The van der Waals surface area contributed by atoms with Crippen molar-refractivity contribution >= 4 is 6.01 Å². The summed E-state index contributed by atoms with van der Waals surface area (Å²) in [6.07, 6.45) is 2.06. The number of hydrogen-bond acceptors (Lipinski definition) is 7. The Morgan fingerprint density at radius 3 is 2.47 bits per heavy atom. The van der Waals surface area contributed by atoms with Crippen molar-refractivity contribution in [2.75, 3.05) is 32.1 Å². The minimum atomic E-state index is -0.709. The molecule has 0 saturated carbocycles. The molecule has 5 rings (SSSR count). The maximum atomic E-state index is 13.7. The molecule has 0 unspecified atom stereocenters. The zero-order valence-electron chi connectivity index (χ0n) is 20.1. The van der Waals surface area contributed by atoms with Crippen LogP contribution in [-0.4, -0.2) is 58.0 Å². The van der Waals surface area contributed by atoms with Gasteiger partial charge in [-0.1, -0.05) is 23.4 Å². The Labute approximate surface area is 206 Å². The number of halogens is 2. The van der Waals surface area contributed by atoms with Crippen LogP contribution in [-0.2, 0) is 6.54 Å². The van der Waals surface area contributed by atoms with Gasteiger partial charge in [-0.3, -0.25) is 4.79 Å². The molecule has 2 aromatic heterocycles. The highest BCUT2D eigenvalue weighted by molar-refractivity contribution is 5.59. The number of hydrogen-bond donors (Lipinski definition) is 0. The standard InChI is InChI=1S/C26H26F2N6O2/c1-32(2)22-8-10-33(11-9-22)26-29-25(31-36-26)18-5-3-4-17(12-18)16-34-24(35)7-6-23(30-34)19-13-20(27)15-21(28)14-19/h3-7,12-15,22H,8-11,16H2,1-2H3. The van der Waals surface area contributed by atoms with Crippen LogP contribution < -0.4 is 10.5 Å². The van der Waals surface area contributed by atoms with Crippen LogP contribution in [0.5, 0.6) is 0 Å². The fourth-order valence-corrected chi connectivity index (χ4v) is 4.43. The van der Waals surface area contributed by atoms with E-state index in [0.717, 1.165) is 43.1 Å². The molecule has 36 heavy (non-hydrogen) atoms. The molecule has 1 saturated heterocycles. The van der Waals surface area contributed by atoms with E-state index in [1.807, 2.05) is 24.3 Å². The summed E-state index contributed by atoms with van der Waals surface area (Å²) in [7, 11) is 4.19. The van der Waals surface area contributed by atoms with Gasteiger partial charge in [-0.05, 0) is 56.8 Å². The summed E-state index contributed by atoms with van der Waals surface area (Å²) in [6, 6.07) is 14.4. The van der Waals surface area contributed by atoms with Gasteiger partial charge in [-0.15, -0.1) is 0 Å². The van der Waals surface area contributed by atoms with Crippen LogP contribution in [0.15, 0.2) is 63.9 Å². The lowest BCUT2D eigenvalue weighted by Gasteiger charge is -2.33. The van der Waals surface area contributed by atoms with Crippen LogP contribution in [0.1, 0.15) is 18.4 Å². The van der Waals surface area contributed by atoms with Gasteiger partial charge in [0.05, 0.1) is 12.2 Å². The maximum Gasteiger partial charge on any atom is 0.324 e. The molecule has 186 valence electrons. The minimum absolute atomic E-state index is 0.168. The molecule has 0 radical (unpaired) electrons. The van der Waals surface area contributed by atoms with E-state index in [-0.39, 0.29) is 17.7 Å². The lowest BCUT2D eigenvalue weighted by molar-refractivity contribution is 0.244. The Bertz CT molecular complexity index is 1410. The van der Waals surface area contributed by atoms with Crippen molar-refractivity contribution in [3.05, 3.63) is 82.1 Å². The van der Waals surface area contributed by atoms with Gasteiger partial charge >= 0.3 is 6.01 Å². The Balaban J connectivity index is 1.34. The molecule has 0 bridgehead atoms. The fourth-order valence-electron chi connectivity index (χ4n) is 4.43. The molecule has 8 nitrogen and oxygen atoms in total. The Morgan fingerprint density at radius 2 is 1.75 bits per heavy atom. The van der Waals surface area contributed by atoms with Crippen molar-refractivity contribution in [3.8, 4) is 22.6 Å². The van der Waals surface area contributed by atoms with E-state index in [4.69, 9.17) is 4.52 Å². The molecule has 4 aromatic rings. The molecule has 3 heterocycles. The van der Waals surface area contributed by atoms with Crippen LogP contribution >= 0.6 is 0 Å². The van der Waals surface area contributed by atoms with E-state index in [1.54, 1.807) is 0 Å². The van der Waals surface area contributed by atoms with Crippen molar-refractivity contribution in [2.24, 2.45) is 0 Å². The minimum Gasteiger partial charge on any atom is -0.324 e. The monoisotopic (exact) mass is 492 g/mol. The predicted molar refractivity (Wildman–Crippen MR) is 132 cm³/mol. The first-order valence-corrected chi connectivity index (χ1v) is 11.7. The zero-order chi connectivity index (χ0) is 25.2. The molecule has 1 fully saturated rings. The Morgan fingerprint density at radius 1 is 1.00 bits per heavy atom. The fraction of sp³-hybridized carbons (Fsp3) is 0.308. The van der Waals surface area contributed by atoms with Crippen LogP contribution in [0, 0.1) is 11.6 Å². The molecule has 0 N–H and O–H groups in total. The molecule has 0 amide bonds. The van der Waals surface area contributed by atoms with Gasteiger partial charge in [0, 0.05) is 42.4 Å². The van der Waals surface area contributed by atoms with Crippen molar-refractivity contribution in [3.63, 3.8) is 0 Å². The molecule has 0 spiro atoms. The normalized spacial score (nSPS) is 14.5. The third-order valence-electron chi connectivity index (χ3n) is 6.42. The molecule has 1 aliphatic heterocycles. The average Bonchev–Trinajstić information content (AvgIpc) is 3.35. The zero-order valence-corrected chi connectivity index (χ0v) is 20.1. The van der Waals surface area contributed by atoms with E-state index in [0.29, 0.717) is 23.6 Å². The van der Waals surface area contributed by atoms with Crippen molar-refractivity contribution in [2.45, 2.75) is 25.4 Å². The topological polar surface area (TPSA) is 80.3 Å². The average molecular weight is 493 g/mol. The quantitative estimate of drug-likeness (QED) is 0.405. The number of aromatic nitrogens is 4. The first-order valence-electron chi connectivity index (χ1n) is 11.7. The van der Waals surface area contributed by atoms with Crippen LogP contribution in [0.2, 0.25) is 0 Å². The second-order valence-corrected chi connectivity index (χ2v) is 9.16. The van der Waals surface area contributed by atoms with E-state index in [9.17, 15) is 13.6 Å². The number of piperidine rings is 1. The second kappa shape index (κ2) is 9.98. The van der Waals surface area contributed by atoms with Gasteiger partial charge in [-0.25, -0.2) is 13.5 Å². The smallest absolute Gasteiger partial charge is 0.324 e. The van der Waals surface area contributed by atoms with Gasteiger partial charge in [0.2, 0.25) is 5.82 Å². The lowest BCUT2D eigenvalue weighted by Crippen LogP contribution is -2.42. The largest absolute Gasteiger partial charge is 0.324 e. The summed E-state index contributed by atoms with van der Waals surface area (Å²) < 4.78 is 34.1. The number of anilines is 1. The first kappa shape index (κ1) is 23.8. The number of nitrogens with zero attached hydrogens (tertiary/aromatic N) is 6. The van der Waals surface area contributed by atoms with Gasteiger partial charge in [0.25, 0.3) is 5.56 Å². The van der Waals surface area contributed by atoms with Gasteiger partial charge in [-0.2, -0.15) is 10.1 Å². The molecule has 1 aliphatic rings. The third-order valence-corrected chi connectivity index (χ3v) is 6.42. The van der Waals surface area contributed by atoms with Crippen LogP contribution in [0.25, 0.3) is 22.6 Å². The van der Waals surface area contributed by atoms with E-state index in [1.165, 1.54) is 28.9 Å². The van der Waals surface area contributed by atoms with Crippen molar-refractivity contribution in [1.82, 2.24) is 24.8 Å². The predicted octanol–water partition coefficient (Wildman–Crippen LogP) is 3.82. The lowest BCUT2D eigenvalue weighted by atomic mass is 10.0. The van der Waals surface area contributed by atoms with Crippen LogP contribution in [0.3, 0.4) is 0 Å².